The molecule has 2 atom stereocenters. The summed E-state index contributed by atoms with van der Waals surface area (Å²) in [7, 11) is 3.86. The van der Waals surface area contributed by atoms with Crippen molar-refractivity contribution in [2.75, 3.05) is 40.4 Å². The Labute approximate surface area is 151 Å². The minimum absolute atomic E-state index is 0. The van der Waals surface area contributed by atoms with E-state index >= 15 is 0 Å². The molecule has 22 heavy (non-hydrogen) atoms. The number of rotatable bonds is 5. The van der Waals surface area contributed by atoms with Crippen LogP contribution in [0.3, 0.4) is 0 Å². The van der Waals surface area contributed by atoms with Crippen LogP contribution in [0.25, 0.3) is 0 Å². The predicted molar refractivity (Wildman–Crippen MR) is 101 cm³/mol. The molecule has 1 aliphatic heterocycles. The molecule has 2 N–H and O–H groups in total. The van der Waals surface area contributed by atoms with Crippen molar-refractivity contribution in [3.63, 3.8) is 0 Å². The minimum atomic E-state index is -0.259. The lowest BCUT2D eigenvalue weighted by Crippen LogP contribution is -2.45. The highest BCUT2D eigenvalue weighted by atomic mass is 127. The molecular formula is C16H32IN3O2. The lowest BCUT2D eigenvalue weighted by atomic mass is 9.85. The van der Waals surface area contributed by atoms with Gasteiger partial charge in [-0.1, -0.05) is 19.3 Å². The molecule has 0 radical (unpaired) electrons. The van der Waals surface area contributed by atoms with E-state index in [0.717, 1.165) is 45.0 Å². The summed E-state index contributed by atoms with van der Waals surface area (Å²) in [5.41, 5.74) is 0. The molecule has 0 amide bonds. The monoisotopic (exact) mass is 425 g/mol. The van der Waals surface area contributed by atoms with Gasteiger partial charge in [0.15, 0.2) is 5.96 Å². The number of aliphatic hydroxyl groups excluding tert-OH is 1. The fraction of sp³-hybridized carbons (Fsp3) is 0.938. The highest BCUT2D eigenvalue weighted by molar-refractivity contribution is 14.0. The fourth-order valence-corrected chi connectivity index (χ4v) is 3.47. The van der Waals surface area contributed by atoms with Crippen molar-refractivity contribution in [3.05, 3.63) is 0 Å². The number of ether oxygens (including phenoxy) is 1. The van der Waals surface area contributed by atoms with E-state index in [1.165, 1.54) is 19.3 Å². The average molecular weight is 425 g/mol. The highest BCUT2D eigenvalue weighted by Gasteiger charge is 2.23. The Morgan fingerprint density at radius 3 is 2.64 bits per heavy atom. The van der Waals surface area contributed by atoms with Crippen molar-refractivity contribution in [1.82, 2.24) is 10.2 Å². The average Bonchev–Trinajstić information content (AvgIpc) is 3.01. The van der Waals surface area contributed by atoms with Gasteiger partial charge in [0, 0.05) is 39.7 Å². The molecule has 2 fully saturated rings. The van der Waals surface area contributed by atoms with Gasteiger partial charge in [-0.3, -0.25) is 4.99 Å². The molecule has 0 bridgehead atoms. The zero-order valence-electron chi connectivity index (χ0n) is 14.0. The topological polar surface area (TPSA) is 57.1 Å². The number of aliphatic hydroxyl groups is 1. The van der Waals surface area contributed by atoms with Gasteiger partial charge in [0.2, 0.25) is 0 Å². The van der Waals surface area contributed by atoms with Gasteiger partial charge in [-0.05, 0) is 25.2 Å². The Kier molecular flexibility index (Phi) is 9.66. The smallest absolute Gasteiger partial charge is 0.193 e. The normalized spacial score (nSPS) is 24.7. The van der Waals surface area contributed by atoms with Crippen LogP contribution in [0.2, 0.25) is 0 Å². The third-order valence-corrected chi connectivity index (χ3v) is 4.79. The van der Waals surface area contributed by atoms with Gasteiger partial charge in [0.1, 0.15) is 0 Å². The highest BCUT2D eigenvalue weighted by Crippen LogP contribution is 2.26. The molecule has 2 rings (SSSR count). The quantitative estimate of drug-likeness (QED) is 0.403. The van der Waals surface area contributed by atoms with Crippen LogP contribution in [-0.2, 0) is 4.74 Å². The second-order valence-corrected chi connectivity index (χ2v) is 6.50. The number of hydrogen-bond acceptors (Lipinski definition) is 3. The summed E-state index contributed by atoms with van der Waals surface area (Å²) in [6, 6.07) is 0. The molecule has 0 aromatic rings. The Morgan fingerprint density at radius 2 is 2.05 bits per heavy atom. The van der Waals surface area contributed by atoms with Gasteiger partial charge >= 0.3 is 0 Å². The van der Waals surface area contributed by atoms with E-state index in [2.05, 4.69) is 22.3 Å². The molecular weight excluding hydrogens is 393 g/mol. The standard InChI is InChI=1S/C16H31N3O2.HI/c1-17-16(19(2)11-13-8-9-21-12-13)18-10-15(20)14-6-4-3-5-7-14;/h13-15,20H,3-12H2,1-2H3,(H,17,18);1H. The molecule has 2 aliphatic rings. The number of guanidine groups is 1. The molecule has 0 aromatic carbocycles. The van der Waals surface area contributed by atoms with Gasteiger partial charge in [-0.25, -0.2) is 0 Å². The molecule has 1 saturated carbocycles. The van der Waals surface area contributed by atoms with E-state index in [1.54, 1.807) is 7.05 Å². The van der Waals surface area contributed by atoms with Crippen LogP contribution in [-0.4, -0.2) is 62.5 Å². The van der Waals surface area contributed by atoms with E-state index in [1.807, 2.05) is 0 Å². The van der Waals surface area contributed by atoms with Gasteiger partial charge < -0.3 is 20.1 Å². The first-order chi connectivity index (χ1) is 10.2. The summed E-state index contributed by atoms with van der Waals surface area (Å²) in [5.74, 6) is 1.92. The van der Waals surface area contributed by atoms with Crippen molar-refractivity contribution in [2.45, 2.75) is 44.6 Å². The molecule has 1 saturated heterocycles. The van der Waals surface area contributed by atoms with Crippen LogP contribution in [0.15, 0.2) is 4.99 Å². The Balaban J connectivity index is 0.00000242. The molecule has 1 aliphatic carbocycles. The van der Waals surface area contributed by atoms with E-state index in [-0.39, 0.29) is 30.1 Å². The maximum absolute atomic E-state index is 10.3. The number of aliphatic imine (C=N–C) groups is 1. The van der Waals surface area contributed by atoms with Crippen molar-refractivity contribution in [3.8, 4) is 0 Å². The SMILES string of the molecule is CN=C(NCC(O)C1CCCCC1)N(C)CC1CCOC1.I. The van der Waals surface area contributed by atoms with Crippen LogP contribution in [0, 0.1) is 11.8 Å². The van der Waals surface area contributed by atoms with Crippen LogP contribution in [0.1, 0.15) is 38.5 Å². The van der Waals surface area contributed by atoms with Crippen LogP contribution in [0.4, 0.5) is 0 Å². The van der Waals surface area contributed by atoms with E-state index in [0.29, 0.717) is 18.4 Å². The molecule has 5 nitrogen and oxygen atoms in total. The predicted octanol–water partition coefficient (Wildman–Crippen LogP) is 2.09. The number of hydrogen-bond donors (Lipinski definition) is 2. The number of halogens is 1. The first-order valence-electron chi connectivity index (χ1n) is 8.38. The van der Waals surface area contributed by atoms with Gasteiger partial charge in [-0.15, -0.1) is 24.0 Å². The molecule has 6 heteroatoms. The van der Waals surface area contributed by atoms with Gasteiger partial charge in [0.05, 0.1) is 12.7 Å². The van der Waals surface area contributed by atoms with E-state index < -0.39 is 0 Å². The first kappa shape index (κ1) is 20.0. The van der Waals surface area contributed by atoms with E-state index in [9.17, 15) is 5.11 Å². The molecule has 0 aromatic heterocycles. The zero-order valence-corrected chi connectivity index (χ0v) is 16.3. The summed E-state index contributed by atoms with van der Waals surface area (Å²) >= 11 is 0. The number of nitrogens with zero attached hydrogens (tertiary/aromatic N) is 2. The Bertz CT molecular complexity index is 329. The summed E-state index contributed by atoms with van der Waals surface area (Å²) < 4.78 is 5.42. The van der Waals surface area contributed by atoms with Crippen molar-refractivity contribution in [2.24, 2.45) is 16.8 Å². The summed E-state index contributed by atoms with van der Waals surface area (Å²) in [4.78, 5) is 6.47. The fourth-order valence-electron chi connectivity index (χ4n) is 3.47. The summed E-state index contributed by atoms with van der Waals surface area (Å²) in [5, 5.41) is 13.7. The van der Waals surface area contributed by atoms with Gasteiger partial charge in [-0.2, -0.15) is 0 Å². The van der Waals surface area contributed by atoms with Gasteiger partial charge in [0.25, 0.3) is 0 Å². The molecule has 0 spiro atoms. The Morgan fingerprint density at radius 1 is 1.32 bits per heavy atom. The maximum Gasteiger partial charge on any atom is 0.193 e. The lowest BCUT2D eigenvalue weighted by Gasteiger charge is -2.29. The third-order valence-electron chi connectivity index (χ3n) is 4.79. The first-order valence-corrected chi connectivity index (χ1v) is 8.38. The van der Waals surface area contributed by atoms with E-state index in [4.69, 9.17) is 4.74 Å². The van der Waals surface area contributed by atoms with Crippen molar-refractivity contribution < 1.29 is 9.84 Å². The minimum Gasteiger partial charge on any atom is -0.391 e. The Hall–Kier alpha value is -0.0800. The second-order valence-electron chi connectivity index (χ2n) is 6.50. The van der Waals surface area contributed by atoms with Crippen molar-refractivity contribution >= 4 is 29.9 Å². The van der Waals surface area contributed by atoms with Crippen LogP contribution in [0.5, 0.6) is 0 Å². The molecule has 130 valence electrons. The summed E-state index contributed by atoms with van der Waals surface area (Å²) in [6.45, 7) is 3.29. The second kappa shape index (κ2) is 10.6. The maximum atomic E-state index is 10.3. The molecule has 1 heterocycles. The largest absolute Gasteiger partial charge is 0.391 e. The third kappa shape index (κ3) is 6.20. The molecule has 2 unspecified atom stereocenters. The zero-order chi connectivity index (χ0) is 15.1. The lowest BCUT2D eigenvalue weighted by molar-refractivity contribution is 0.0874. The van der Waals surface area contributed by atoms with Crippen LogP contribution < -0.4 is 5.32 Å². The van der Waals surface area contributed by atoms with Crippen LogP contribution >= 0.6 is 24.0 Å². The van der Waals surface area contributed by atoms with Crippen molar-refractivity contribution in [1.29, 1.82) is 0 Å². The summed E-state index contributed by atoms with van der Waals surface area (Å²) in [6.07, 6.45) is 7.05. The number of nitrogens with one attached hydrogen (secondary N) is 1.